The van der Waals surface area contributed by atoms with E-state index in [0.717, 1.165) is 5.69 Å². The number of carbonyl (C=O) groups is 1. The monoisotopic (exact) mass is 218 g/mol. The van der Waals surface area contributed by atoms with Crippen LogP contribution in [0.2, 0.25) is 0 Å². The summed E-state index contributed by atoms with van der Waals surface area (Å²) < 4.78 is 15.2. The Morgan fingerprint density at radius 3 is 2.75 bits per heavy atom. The van der Waals surface area contributed by atoms with Gasteiger partial charge < -0.3 is 4.57 Å². The molecule has 3 nitrogen and oxygen atoms in total. The number of hydrogen-bond donors (Lipinski definition) is 0. The molecule has 1 aromatic heterocycles. The highest BCUT2D eigenvalue weighted by Crippen LogP contribution is 2.19. The minimum atomic E-state index is -0.426. The molecule has 0 radical (unpaired) electrons. The zero-order valence-electron chi connectivity index (χ0n) is 9.07. The standard InChI is InChI=1S/C12H11FN2O/c1-8-6-15(7-14-8)12-10(9(2)16)4-3-5-11(12)13/h3-7H,1-2H3. The highest BCUT2D eigenvalue weighted by molar-refractivity contribution is 5.97. The van der Waals surface area contributed by atoms with E-state index in [9.17, 15) is 9.18 Å². The van der Waals surface area contributed by atoms with Crippen molar-refractivity contribution in [1.82, 2.24) is 9.55 Å². The van der Waals surface area contributed by atoms with Crippen molar-refractivity contribution < 1.29 is 9.18 Å². The van der Waals surface area contributed by atoms with E-state index < -0.39 is 5.82 Å². The first-order valence-corrected chi connectivity index (χ1v) is 4.90. The van der Waals surface area contributed by atoms with E-state index in [4.69, 9.17) is 0 Å². The number of hydrogen-bond acceptors (Lipinski definition) is 2. The van der Waals surface area contributed by atoms with E-state index in [-0.39, 0.29) is 11.5 Å². The fourth-order valence-electron chi connectivity index (χ4n) is 1.61. The van der Waals surface area contributed by atoms with Crippen LogP contribution in [0.25, 0.3) is 5.69 Å². The van der Waals surface area contributed by atoms with E-state index in [0.29, 0.717) is 5.56 Å². The van der Waals surface area contributed by atoms with E-state index in [1.54, 1.807) is 12.3 Å². The van der Waals surface area contributed by atoms with Gasteiger partial charge in [0.25, 0.3) is 0 Å². The third-order valence-corrected chi connectivity index (χ3v) is 2.34. The van der Waals surface area contributed by atoms with Crippen LogP contribution in [0.3, 0.4) is 0 Å². The molecule has 1 heterocycles. The van der Waals surface area contributed by atoms with Crippen LogP contribution in [0.4, 0.5) is 4.39 Å². The molecule has 0 N–H and O–H groups in total. The number of ketones is 1. The first kappa shape index (κ1) is 10.5. The number of carbonyl (C=O) groups excluding carboxylic acids is 1. The first-order valence-electron chi connectivity index (χ1n) is 4.90. The maximum atomic E-state index is 13.7. The fraction of sp³-hybridized carbons (Fsp3) is 0.167. The first-order chi connectivity index (χ1) is 7.59. The SMILES string of the molecule is CC(=O)c1cccc(F)c1-n1cnc(C)c1. The summed E-state index contributed by atoms with van der Waals surface area (Å²) >= 11 is 0. The van der Waals surface area contributed by atoms with Crippen molar-refractivity contribution in [3.8, 4) is 5.69 Å². The minimum absolute atomic E-state index is 0.166. The summed E-state index contributed by atoms with van der Waals surface area (Å²) in [7, 11) is 0. The van der Waals surface area contributed by atoms with Crippen molar-refractivity contribution in [2.24, 2.45) is 0 Å². The van der Waals surface area contributed by atoms with Crippen LogP contribution in [0.5, 0.6) is 0 Å². The Labute approximate surface area is 92.5 Å². The Balaban J connectivity index is 2.67. The molecule has 0 unspecified atom stereocenters. The largest absolute Gasteiger partial charge is 0.303 e. The van der Waals surface area contributed by atoms with Gasteiger partial charge in [-0.05, 0) is 26.0 Å². The number of benzene rings is 1. The molecule has 2 rings (SSSR count). The second kappa shape index (κ2) is 3.89. The van der Waals surface area contributed by atoms with E-state index in [1.807, 2.05) is 6.92 Å². The normalized spacial score (nSPS) is 10.4. The van der Waals surface area contributed by atoms with Crippen LogP contribution in [-0.2, 0) is 0 Å². The Hall–Kier alpha value is -1.97. The van der Waals surface area contributed by atoms with E-state index in [2.05, 4.69) is 4.98 Å². The van der Waals surface area contributed by atoms with Gasteiger partial charge in [-0.15, -0.1) is 0 Å². The summed E-state index contributed by atoms with van der Waals surface area (Å²) in [4.78, 5) is 15.4. The minimum Gasteiger partial charge on any atom is -0.303 e. The van der Waals surface area contributed by atoms with Gasteiger partial charge in [0.2, 0.25) is 0 Å². The molecule has 0 aliphatic carbocycles. The van der Waals surface area contributed by atoms with E-state index >= 15 is 0 Å². The lowest BCUT2D eigenvalue weighted by molar-refractivity contribution is 0.101. The van der Waals surface area contributed by atoms with Crippen molar-refractivity contribution in [3.05, 3.63) is 47.8 Å². The molecule has 0 fully saturated rings. The van der Waals surface area contributed by atoms with Gasteiger partial charge in [0, 0.05) is 11.8 Å². The molecule has 1 aromatic carbocycles. The van der Waals surface area contributed by atoms with Gasteiger partial charge in [-0.3, -0.25) is 4.79 Å². The summed E-state index contributed by atoms with van der Waals surface area (Å²) in [6.45, 7) is 3.23. The van der Waals surface area contributed by atoms with Gasteiger partial charge in [-0.25, -0.2) is 9.37 Å². The second-order valence-corrected chi connectivity index (χ2v) is 3.61. The molecule has 0 spiro atoms. The molecular formula is C12H11FN2O. The molecule has 0 atom stereocenters. The van der Waals surface area contributed by atoms with Crippen LogP contribution < -0.4 is 0 Å². The summed E-state index contributed by atoms with van der Waals surface area (Å²) in [5.41, 5.74) is 1.39. The smallest absolute Gasteiger partial charge is 0.162 e. The number of aryl methyl sites for hydroxylation is 1. The molecular weight excluding hydrogens is 207 g/mol. The van der Waals surface area contributed by atoms with Gasteiger partial charge >= 0.3 is 0 Å². The molecule has 4 heteroatoms. The van der Waals surface area contributed by atoms with E-state index in [1.165, 1.54) is 30.0 Å². The molecule has 0 aliphatic rings. The van der Waals surface area contributed by atoms with Gasteiger partial charge in [-0.2, -0.15) is 0 Å². The van der Waals surface area contributed by atoms with Crippen molar-refractivity contribution >= 4 is 5.78 Å². The van der Waals surface area contributed by atoms with Gasteiger partial charge in [-0.1, -0.05) is 6.07 Å². The second-order valence-electron chi connectivity index (χ2n) is 3.61. The Morgan fingerprint density at radius 1 is 1.44 bits per heavy atom. The third-order valence-electron chi connectivity index (χ3n) is 2.34. The number of nitrogens with zero attached hydrogens (tertiary/aromatic N) is 2. The number of aromatic nitrogens is 2. The molecule has 0 aliphatic heterocycles. The lowest BCUT2D eigenvalue weighted by atomic mass is 10.1. The zero-order valence-corrected chi connectivity index (χ0v) is 9.07. The predicted octanol–water partition coefficient (Wildman–Crippen LogP) is 2.52. The zero-order chi connectivity index (χ0) is 11.7. The topological polar surface area (TPSA) is 34.9 Å². The molecule has 0 saturated heterocycles. The Morgan fingerprint density at radius 2 is 2.19 bits per heavy atom. The number of halogens is 1. The quantitative estimate of drug-likeness (QED) is 0.726. The predicted molar refractivity (Wildman–Crippen MR) is 58.3 cm³/mol. The summed E-state index contributed by atoms with van der Waals surface area (Å²) in [5.74, 6) is -0.592. The lowest BCUT2D eigenvalue weighted by Gasteiger charge is -2.08. The van der Waals surface area contributed by atoms with Crippen LogP contribution in [0.15, 0.2) is 30.7 Å². The lowest BCUT2D eigenvalue weighted by Crippen LogP contribution is -2.04. The third kappa shape index (κ3) is 1.74. The number of Topliss-reactive ketones (excluding diaryl/α,β-unsaturated/α-hetero) is 1. The number of rotatable bonds is 2. The molecule has 0 bridgehead atoms. The average molecular weight is 218 g/mol. The van der Waals surface area contributed by atoms with Crippen LogP contribution >= 0.6 is 0 Å². The molecule has 0 amide bonds. The Bertz CT molecular complexity index is 546. The number of imidazole rings is 1. The highest BCUT2D eigenvalue weighted by atomic mass is 19.1. The van der Waals surface area contributed by atoms with Crippen LogP contribution in [0, 0.1) is 12.7 Å². The van der Waals surface area contributed by atoms with Crippen molar-refractivity contribution in [2.45, 2.75) is 13.8 Å². The van der Waals surface area contributed by atoms with Gasteiger partial charge in [0.15, 0.2) is 5.78 Å². The van der Waals surface area contributed by atoms with Crippen molar-refractivity contribution in [1.29, 1.82) is 0 Å². The molecule has 0 saturated carbocycles. The van der Waals surface area contributed by atoms with Gasteiger partial charge in [0.05, 0.1) is 17.7 Å². The maximum Gasteiger partial charge on any atom is 0.162 e. The van der Waals surface area contributed by atoms with Crippen LogP contribution in [0.1, 0.15) is 23.0 Å². The summed E-state index contributed by atoms with van der Waals surface area (Å²) in [6.07, 6.45) is 3.19. The molecule has 2 aromatic rings. The number of para-hydroxylation sites is 1. The fourth-order valence-corrected chi connectivity index (χ4v) is 1.61. The van der Waals surface area contributed by atoms with Crippen molar-refractivity contribution in [3.63, 3.8) is 0 Å². The molecule has 16 heavy (non-hydrogen) atoms. The summed E-state index contributed by atoms with van der Waals surface area (Å²) in [5, 5.41) is 0. The highest BCUT2D eigenvalue weighted by Gasteiger charge is 2.13. The average Bonchev–Trinajstić information content (AvgIpc) is 2.64. The van der Waals surface area contributed by atoms with Crippen molar-refractivity contribution in [2.75, 3.05) is 0 Å². The van der Waals surface area contributed by atoms with Crippen LogP contribution in [-0.4, -0.2) is 15.3 Å². The maximum absolute atomic E-state index is 13.7. The Kier molecular flexibility index (Phi) is 2.56. The van der Waals surface area contributed by atoms with Gasteiger partial charge in [0.1, 0.15) is 5.82 Å². The summed E-state index contributed by atoms with van der Waals surface area (Å²) in [6, 6.07) is 4.46. The molecule has 82 valence electrons.